The van der Waals surface area contributed by atoms with Crippen molar-refractivity contribution in [2.24, 2.45) is 11.8 Å². The molecule has 0 aromatic heterocycles. The molecular formula is C15H19NO5S. The number of carbonyl (C=O) groups excluding carboxylic acids is 1. The number of anilines is 1. The highest BCUT2D eigenvalue weighted by molar-refractivity contribution is 7.91. The van der Waals surface area contributed by atoms with Crippen LogP contribution in [0.25, 0.3) is 0 Å². The third-order valence-corrected chi connectivity index (χ3v) is 5.56. The molecular weight excluding hydrogens is 306 g/mol. The Hall–Kier alpha value is -1.89. The summed E-state index contributed by atoms with van der Waals surface area (Å²) in [6.07, 6.45) is 0.785. The van der Waals surface area contributed by atoms with E-state index >= 15 is 0 Å². The van der Waals surface area contributed by atoms with Gasteiger partial charge in [-0.1, -0.05) is 19.1 Å². The minimum atomic E-state index is -3.08. The van der Waals surface area contributed by atoms with Crippen LogP contribution in [0.1, 0.15) is 18.9 Å². The molecule has 2 atom stereocenters. The van der Waals surface area contributed by atoms with Gasteiger partial charge in [0.2, 0.25) is 5.91 Å². The largest absolute Gasteiger partial charge is 0.481 e. The van der Waals surface area contributed by atoms with Crippen LogP contribution in [-0.2, 0) is 25.8 Å². The van der Waals surface area contributed by atoms with Gasteiger partial charge in [0.25, 0.3) is 0 Å². The Kier molecular flexibility index (Phi) is 4.85. The van der Waals surface area contributed by atoms with E-state index in [-0.39, 0.29) is 17.4 Å². The Bertz CT molecular complexity index is 666. The van der Waals surface area contributed by atoms with Gasteiger partial charge in [-0.15, -0.1) is 0 Å². The van der Waals surface area contributed by atoms with E-state index in [1.165, 1.54) is 0 Å². The van der Waals surface area contributed by atoms with E-state index in [1.54, 1.807) is 31.2 Å². The average molecular weight is 325 g/mol. The summed E-state index contributed by atoms with van der Waals surface area (Å²) in [5.74, 6) is -2.11. The van der Waals surface area contributed by atoms with Crippen LogP contribution in [0.5, 0.6) is 0 Å². The Labute approximate surface area is 129 Å². The van der Waals surface area contributed by atoms with E-state index in [0.29, 0.717) is 18.5 Å². The minimum absolute atomic E-state index is 0.0666. The SMILES string of the molecule is C[C@@H](Cc1ccc(NC(=O)[C@@H]2CCS(=O)(=O)C2)cc1)C(=O)O. The second-order valence-corrected chi connectivity index (χ2v) is 7.96. The van der Waals surface area contributed by atoms with Gasteiger partial charge in [-0.3, -0.25) is 9.59 Å². The van der Waals surface area contributed by atoms with Gasteiger partial charge in [-0.05, 0) is 30.5 Å². The summed E-state index contributed by atoms with van der Waals surface area (Å²) in [5, 5.41) is 11.6. The molecule has 120 valence electrons. The third-order valence-electron chi connectivity index (χ3n) is 3.79. The minimum Gasteiger partial charge on any atom is -0.481 e. The molecule has 0 unspecified atom stereocenters. The lowest BCUT2D eigenvalue weighted by molar-refractivity contribution is -0.141. The number of hydrogen-bond acceptors (Lipinski definition) is 4. The molecule has 1 heterocycles. The fourth-order valence-electron chi connectivity index (χ4n) is 2.41. The molecule has 2 rings (SSSR count). The molecule has 0 saturated carbocycles. The number of aliphatic carboxylic acids is 1. The monoisotopic (exact) mass is 325 g/mol. The second-order valence-electron chi connectivity index (χ2n) is 5.73. The summed E-state index contributed by atoms with van der Waals surface area (Å²) in [6, 6.07) is 6.93. The summed E-state index contributed by atoms with van der Waals surface area (Å²) in [7, 11) is -3.08. The van der Waals surface area contributed by atoms with E-state index in [4.69, 9.17) is 5.11 Å². The third kappa shape index (κ3) is 4.30. The normalized spacial score (nSPS) is 21.2. The molecule has 1 fully saturated rings. The van der Waals surface area contributed by atoms with Crippen LogP contribution in [-0.4, -0.2) is 36.9 Å². The number of carboxylic acid groups (broad SMARTS) is 1. The summed E-state index contributed by atoms with van der Waals surface area (Å²) >= 11 is 0. The fraction of sp³-hybridized carbons (Fsp3) is 0.467. The topological polar surface area (TPSA) is 101 Å². The number of nitrogens with one attached hydrogen (secondary N) is 1. The number of carbonyl (C=O) groups is 2. The van der Waals surface area contributed by atoms with Crippen molar-refractivity contribution in [3.63, 3.8) is 0 Å². The molecule has 0 spiro atoms. The van der Waals surface area contributed by atoms with Gasteiger partial charge in [-0.2, -0.15) is 0 Å². The molecule has 1 aromatic rings. The van der Waals surface area contributed by atoms with Gasteiger partial charge in [0, 0.05) is 5.69 Å². The predicted octanol–water partition coefficient (Wildman–Crippen LogP) is 1.32. The molecule has 0 radical (unpaired) electrons. The van der Waals surface area contributed by atoms with Crippen molar-refractivity contribution in [2.45, 2.75) is 19.8 Å². The number of hydrogen-bond donors (Lipinski definition) is 2. The van der Waals surface area contributed by atoms with Crippen LogP contribution < -0.4 is 5.32 Å². The maximum absolute atomic E-state index is 12.0. The van der Waals surface area contributed by atoms with Crippen molar-refractivity contribution in [1.82, 2.24) is 0 Å². The van der Waals surface area contributed by atoms with Crippen molar-refractivity contribution in [1.29, 1.82) is 0 Å². The maximum atomic E-state index is 12.0. The van der Waals surface area contributed by atoms with Crippen LogP contribution >= 0.6 is 0 Å². The van der Waals surface area contributed by atoms with Crippen molar-refractivity contribution in [3.8, 4) is 0 Å². The highest BCUT2D eigenvalue weighted by Crippen LogP contribution is 2.21. The molecule has 7 heteroatoms. The van der Waals surface area contributed by atoms with Gasteiger partial charge >= 0.3 is 5.97 Å². The van der Waals surface area contributed by atoms with Gasteiger partial charge in [0.05, 0.1) is 23.3 Å². The average Bonchev–Trinajstić information content (AvgIpc) is 2.81. The number of rotatable bonds is 5. The van der Waals surface area contributed by atoms with E-state index in [0.717, 1.165) is 5.56 Å². The quantitative estimate of drug-likeness (QED) is 0.850. The first-order valence-electron chi connectivity index (χ1n) is 7.10. The maximum Gasteiger partial charge on any atom is 0.306 e. The Morgan fingerprint density at radius 3 is 2.45 bits per heavy atom. The van der Waals surface area contributed by atoms with E-state index < -0.39 is 27.6 Å². The van der Waals surface area contributed by atoms with Gasteiger partial charge < -0.3 is 10.4 Å². The summed E-state index contributed by atoms with van der Waals surface area (Å²) < 4.78 is 22.7. The summed E-state index contributed by atoms with van der Waals surface area (Å²) in [4.78, 5) is 22.8. The number of carboxylic acids is 1. The lowest BCUT2D eigenvalue weighted by atomic mass is 10.0. The van der Waals surface area contributed by atoms with Crippen LogP contribution in [0.4, 0.5) is 5.69 Å². The standard InChI is InChI=1S/C15H19NO5S/c1-10(15(18)19)8-11-2-4-13(5-3-11)16-14(17)12-6-7-22(20,21)9-12/h2-5,10,12H,6-9H2,1H3,(H,16,17)(H,18,19)/t10-,12+/m0/s1. The van der Waals surface area contributed by atoms with Gasteiger partial charge in [0.15, 0.2) is 9.84 Å². The molecule has 1 aromatic carbocycles. The molecule has 6 nitrogen and oxygen atoms in total. The number of sulfone groups is 1. The van der Waals surface area contributed by atoms with Crippen LogP contribution in [0.15, 0.2) is 24.3 Å². The Morgan fingerprint density at radius 1 is 1.32 bits per heavy atom. The lowest BCUT2D eigenvalue weighted by Gasteiger charge is -2.11. The Morgan fingerprint density at radius 2 is 1.95 bits per heavy atom. The molecule has 22 heavy (non-hydrogen) atoms. The first kappa shape index (κ1) is 16.5. The van der Waals surface area contributed by atoms with Gasteiger partial charge in [-0.25, -0.2) is 8.42 Å². The first-order chi connectivity index (χ1) is 10.3. The van der Waals surface area contributed by atoms with Crippen LogP contribution in [0.2, 0.25) is 0 Å². The molecule has 2 N–H and O–H groups in total. The molecule has 1 saturated heterocycles. The number of benzene rings is 1. The first-order valence-corrected chi connectivity index (χ1v) is 8.92. The van der Waals surface area contributed by atoms with Crippen molar-refractivity contribution in [2.75, 3.05) is 16.8 Å². The zero-order valence-electron chi connectivity index (χ0n) is 12.3. The van der Waals surface area contributed by atoms with Crippen LogP contribution in [0.3, 0.4) is 0 Å². The van der Waals surface area contributed by atoms with Gasteiger partial charge in [0.1, 0.15) is 0 Å². The summed E-state index contributed by atoms with van der Waals surface area (Å²) in [5.41, 5.74) is 1.46. The molecule has 1 aliphatic rings. The van der Waals surface area contributed by atoms with Crippen molar-refractivity contribution < 1.29 is 23.1 Å². The van der Waals surface area contributed by atoms with E-state index in [9.17, 15) is 18.0 Å². The highest BCUT2D eigenvalue weighted by atomic mass is 32.2. The van der Waals surface area contributed by atoms with E-state index in [2.05, 4.69) is 5.32 Å². The predicted molar refractivity (Wildman–Crippen MR) is 82.3 cm³/mol. The van der Waals surface area contributed by atoms with Crippen molar-refractivity contribution >= 4 is 27.4 Å². The highest BCUT2D eigenvalue weighted by Gasteiger charge is 2.32. The molecule has 0 bridgehead atoms. The zero-order chi connectivity index (χ0) is 16.3. The molecule has 0 aliphatic carbocycles. The van der Waals surface area contributed by atoms with Crippen LogP contribution in [0, 0.1) is 11.8 Å². The Balaban J connectivity index is 1.94. The van der Waals surface area contributed by atoms with Crippen molar-refractivity contribution in [3.05, 3.63) is 29.8 Å². The summed E-state index contributed by atoms with van der Waals surface area (Å²) in [6.45, 7) is 1.64. The molecule has 1 amide bonds. The smallest absolute Gasteiger partial charge is 0.306 e. The fourth-order valence-corrected chi connectivity index (χ4v) is 4.15. The van der Waals surface area contributed by atoms with E-state index in [1.807, 2.05) is 0 Å². The molecule has 1 aliphatic heterocycles. The zero-order valence-corrected chi connectivity index (χ0v) is 13.1. The number of amides is 1. The lowest BCUT2D eigenvalue weighted by Crippen LogP contribution is -2.23. The second kappa shape index (κ2) is 6.48.